The van der Waals surface area contributed by atoms with E-state index in [0.717, 1.165) is 11.1 Å². The highest BCUT2D eigenvalue weighted by Gasteiger charge is 2.32. The number of rotatable bonds is 8. The maximum Gasteiger partial charge on any atom is 0.573 e. The van der Waals surface area contributed by atoms with E-state index in [0.29, 0.717) is 0 Å². The predicted octanol–water partition coefficient (Wildman–Crippen LogP) is 4.58. The summed E-state index contributed by atoms with van der Waals surface area (Å²) in [7, 11) is 0. The van der Waals surface area contributed by atoms with Crippen molar-refractivity contribution < 1.29 is 22.7 Å². The molecule has 0 aliphatic carbocycles. The fourth-order valence-corrected chi connectivity index (χ4v) is 3.04. The van der Waals surface area contributed by atoms with Crippen LogP contribution in [0.3, 0.4) is 0 Å². The third kappa shape index (κ3) is 6.35. The lowest BCUT2D eigenvalue weighted by atomic mass is 9.99. The Morgan fingerprint density at radius 1 is 0.833 bits per heavy atom. The summed E-state index contributed by atoms with van der Waals surface area (Å²) in [6, 6.07) is 24.9. The monoisotopic (exact) mass is 414 g/mol. The van der Waals surface area contributed by atoms with Crippen LogP contribution in [0.15, 0.2) is 84.9 Å². The van der Waals surface area contributed by atoms with Gasteiger partial charge in [0.2, 0.25) is 5.91 Å². The molecule has 0 bridgehead atoms. The van der Waals surface area contributed by atoms with Gasteiger partial charge in [0.15, 0.2) is 0 Å². The minimum absolute atomic E-state index is 0.00322. The Morgan fingerprint density at radius 3 is 1.93 bits per heavy atom. The quantitative estimate of drug-likeness (QED) is 0.567. The zero-order valence-corrected chi connectivity index (χ0v) is 16.0. The summed E-state index contributed by atoms with van der Waals surface area (Å²) in [6.07, 6.45) is -4.79. The molecule has 0 fully saturated rings. The number of benzene rings is 3. The molecule has 3 rings (SSSR count). The van der Waals surface area contributed by atoms with Gasteiger partial charge in [-0.2, -0.15) is 0 Å². The fraction of sp³-hybridized carbons (Fsp3) is 0.174. The van der Waals surface area contributed by atoms with Gasteiger partial charge in [-0.3, -0.25) is 10.1 Å². The van der Waals surface area contributed by atoms with Crippen LogP contribution in [0.2, 0.25) is 0 Å². The van der Waals surface area contributed by atoms with Crippen LogP contribution in [0.25, 0.3) is 0 Å². The summed E-state index contributed by atoms with van der Waals surface area (Å²) in [5.41, 5.74) is 2.24. The number of ether oxygens (including phenoxy) is 1. The Kier molecular flexibility index (Phi) is 7.08. The van der Waals surface area contributed by atoms with Crippen LogP contribution in [0.5, 0.6) is 5.75 Å². The number of para-hydroxylation sites is 1. The van der Waals surface area contributed by atoms with Gasteiger partial charge in [0, 0.05) is 12.1 Å². The lowest BCUT2D eigenvalue weighted by Crippen LogP contribution is -2.36. The molecule has 0 aliphatic rings. The molecule has 3 aromatic carbocycles. The van der Waals surface area contributed by atoms with Crippen LogP contribution in [-0.2, 0) is 11.3 Å². The topological polar surface area (TPSA) is 50.4 Å². The molecule has 1 amide bonds. The molecule has 0 spiro atoms. The van der Waals surface area contributed by atoms with E-state index >= 15 is 0 Å². The maximum atomic E-state index is 12.5. The minimum Gasteiger partial charge on any atom is -0.405 e. The van der Waals surface area contributed by atoms with Crippen molar-refractivity contribution in [1.82, 2.24) is 10.6 Å². The molecule has 7 heteroatoms. The Balaban J connectivity index is 1.62. The van der Waals surface area contributed by atoms with E-state index in [2.05, 4.69) is 15.4 Å². The van der Waals surface area contributed by atoms with Crippen molar-refractivity contribution in [2.24, 2.45) is 0 Å². The minimum atomic E-state index is -4.79. The predicted molar refractivity (Wildman–Crippen MR) is 108 cm³/mol. The number of hydrogen-bond acceptors (Lipinski definition) is 3. The van der Waals surface area contributed by atoms with Crippen molar-refractivity contribution in [1.29, 1.82) is 0 Å². The van der Waals surface area contributed by atoms with Crippen LogP contribution in [0.1, 0.15) is 22.7 Å². The lowest BCUT2D eigenvalue weighted by molar-refractivity contribution is -0.274. The number of hydrogen-bond donors (Lipinski definition) is 2. The number of amides is 1. The van der Waals surface area contributed by atoms with Gasteiger partial charge >= 0.3 is 6.36 Å². The molecule has 0 aliphatic heterocycles. The highest BCUT2D eigenvalue weighted by molar-refractivity contribution is 5.78. The molecule has 0 saturated heterocycles. The van der Waals surface area contributed by atoms with Crippen molar-refractivity contribution in [2.75, 3.05) is 6.54 Å². The summed E-state index contributed by atoms with van der Waals surface area (Å²) in [5, 5.41) is 5.85. The molecule has 0 saturated carbocycles. The van der Waals surface area contributed by atoms with Gasteiger partial charge in [0.1, 0.15) is 5.75 Å². The molecule has 0 atom stereocenters. The van der Waals surface area contributed by atoms with Crippen LogP contribution >= 0.6 is 0 Å². The van der Waals surface area contributed by atoms with Crippen molar-refractivity contribution >= 4 is 5.91 Å². The molecule has 0 radical (unpaired) electrons. The number of alkyl halides is 3. The highest BCUT2D eigenvalue weighted by Crippen LogP contribution is 2.26. The Morgan fingerprint density at radius 2 is 1.37 bits per heavy atom. The smallest absolute Gasteiger partial charge is 0.405 e. The molecule has 0 unspecified atom stereocenters. The third-order valence-corrected chi connectivity index (χ3v) is 4.41. The standard InChI is InChI=1S/C23H21F3N2O2/c24-23(25,26)30-20-14-8-7-13-19(20)15-27-21(29)16-28-22(17-9-3-1-4-10-17)18-11-5-2-6-12-18/h1-14,22,28H,15-16H2,(H,27,29). The summed E-state index contributed by atoms with van der Waals surface area (Å²) >= 11 is 0. The Bertz CT molecular complexity index is 908. The number of carbonyl (C=O) groups is 1. The van der Waals surface area contributed by atoms with E-state index < -0.39 is 6.36 Å². The first-order valence-corrected chi connectivity index (χ1v) is 9.36. The number of nitrogens with one attached hydrogen (secondary N) is 2. The molecule has 4 nitrogen and oxygen atoms in total. The Labute approximate surface area is 172 Å². The average molecular weight is 414 g/mol. The second-order valence-electron chi connectivity index (χ2n) is 6.57. The first kappa shape index (κ1) is 21.4. The highest BCUT2D eigenvalue weighted by atomic mass is 19.4. The van der Waals surface area contributed by atoms with E-state index in [1.54, 1.807) is 6.07 Å². The molecule has 30 heavy (non-hydrogen) atoms. The molecule has 156 valence electrons. The summed E-state index contributed by atoms with van der Waals surface area (Å²) in [6.45, 7) is -0.0785. The second kappa shape index (κ2) is 9.93. The molecule has 3 aromatic rings. The molecule has 0 heterocycles. The fourth-order valence-electron chi connectivity index (χ4n) is 3.04. The first-order valence-electron chi connectivity index (χ1n) is 9.36. The van der Waals surface area contributed by atoms with E-state index in [-0.39, 0.29) is 36.4 Å². The Hall–Kier alpha value is -3.32. The van der Waals surface area contributed by atoms with Crippen LogP contribution in [-0.4, -0.2) is 18.8 Å². The van der Waals surface area contributed by atoms with E-state index in [4.69, 9.17) is 0 Å². The van der Waals surface area contributed by atoms with Crippen molar-refractivity contribution in [2.45, 2.75) is 18.9 Å². The lowest BCUT2D eigenvalue weighted by Gasteiger charge is -2.20. The van der Waals surface area contributed by atoms with Gasteiger partial charge in [-0.25, -0.2) is 0 Å². The number of carbonyl (C=O) groups excluding carboxylic acids is 1. The zero-order valence-electron chi connectivity index (χ0n) is 16.0. The average Bonchev–Trinajstić information content (AvgIpc) is 2.74. The van der Waals surface area contributed by atoms with Crippen LogP contribution in [0, 0.1) is 0 Å². The summed E-state index contributed by atoms with van der Waals surface area (Å²) in [5.74, 6) is -0.668. The van der Waals surface area contributed by atoms with Crippen molar-refractivity contribution in [3.63, 3.8) is 0 Å². The SMILES string of the molecule is O=C(CNC(c1ccccc1)c1ccccc1)NCc1ccccc1OC(F)(F)F. The van der Waals surface area contributed by atoms with Gasteiger partial charge in [-0.05, 0) is 17.2 Å². The third-order valence-electron chi connectivity index (χ3n) is 4.41. The normalized spacial score (nSPS) is 11.3. The van der Waals surface area contributed by atoms with Gasteiger partial charge in [0.05, 0.1) is 12.6 Å². The summed E-state index contributed by atoms with van der Waals surface area (Å²) < 4.78 is 41.6. The summed E-state index contributed by atoms with van der Waals surface area (Å²) in [4.78, 5) is 12.3. The number of halogens is 3. The van der Waals surface area contributed by atoms with Crippen molar-refractivity contribution in [3.8, 4) is 5.75 Å². The van der Waals surface area contributed by atoms with Gasteiger partial charge in [-0.15, -0.1) is 13.2 Å². The first-order chi connectivity index (χ1) is 14.4. The van der Waals surface area contributed by atoms with Crippen LogP contribution < -0.4 is 15.4 Å². The second-order valence-corrected chi connectivity index (χ2v) is 6.57. The molecular weight excluding hydrogens is 393 g/mol. The van der Waals surface area contributed by atoms with Crippen molar-refractivity contribution in [3.05, 3.63) is 102 Å². The van der Waals surface area contributed by atoms with Crippen LogP contribution in [0.4, 0.5) is 13.2 Å². The van der Waals surface area contributed by atoms with Gasteiger partial charge < -0.3 is 10.1 Å². The largest absolute Gasteiger partial charge is 0.573 e. The molecular formula is C23H21F3N2O2. The van der Waals surface area contributed by atoms with E-state index in [1.165, 1.54) is 18.2 Å². The van der Waals surface area contributed by atoms with Gasteiger partial charge in [-0.1, -0.05) is 78.9 Å². The zero-order chi connectivity index (χ0) is 21.4. The van der Waals surface area contributed by atoms with Gasteiger partial charge in [0.25, 0.3) is 0 Å². The molecule has 2 N–H and O–H groups in total. The van der Waals surface area contributed by atoms with E-state index in [1.807, 2.05) is 60.7 Å². The maximum absolute atomic E-state index is 12.5. The van der Waals surface area contributed by atoms with E-state index in [9.17, 15) is 18.0 Å². The molecule has 0 aromatic heterocycles.